The number of ether oxygens (including phenoxy) is 1. The monoisotopic (exact) mass is 679 g/mol. The molecule has 2 N–H and O–H groups in total. The summed E-state index contributed by atoms with van der Waals surface area (Å²) in [5.41, 5.74) is 2.47. The smallest absolute Gasteiger partial charge is 0.282 e. The van der Waals surface area contributed by atoms with E-state index < -0.39 is 0 Å². The molecule has 260 valence electrons. The molecule has 50 heavy (non-hydrogen) atoms. The first-order chi connectivity index (χ1) is 24.2. The molecule has 4 aromatic rings. The van der Waals surface area contributed by atoms with Crippen LogP contribution in [0.3, 0.4) is 0 Å². The average molecular weight is 680 g/mol. The van der Waals surface area contributed by atoms with Crippen LogP contribution in [-0.2, 0) is 4.79 Å². The van der Waals surface area contributed by atoms with E-state index in [1.807, 2.05) is 0 Å². The van der Waals surface area contributed by atoms with E-state index in [-0.39, 0.29) is 17.1 Å². The highest BCUT2D eigenvalue weighted by atomic mass is 19.1. The second-order valence-electron chi connectivity index (χ2n) is 14.8. The van der Waals surface area contributed by atoms with Crippen molar-refractivity contribution in [3.63, 3.8) is 0 Å². The van der Waals surface area contributed by atoms with Gasteiger partial charge in [0.05, 0.1) is 5.69 Å². The number of carbonyl (C=O) groups excluding carboxylic acids is 1. The fourth-order valence-electron chi connectivity index (χ4n) is 8.29. The van der Waals surface area contributed by atoms with Crippen LogP contribution in [-0.4, -0.2) is 84.2 Å². The van der Waals surface area contributed by atoms with E-state index in [1.165, 1.54) is 31.7 Å². The zero-order chi connectivity index (χ0) is 34.4. The van der Waals surface area contributed by atoms with Crippen molar-refractivity contribution in [2.75, 3.05) is 41.7 Å². The van der Waals surface area contributed by atoms with E-state index in [0.29, 0.717) is 58.7 Å². The molecule has 1 amide bonds. The summed E-state index contributed by atoms with van der Waals surface area (Å²) in [6.45, 7) is 9.92. The van der Waals surface area contributed by atoms with Gasteiger partial charge >= 0.3 is 0 Å². The number of halogens is 1. The highest BCUT2D eigenvalue weighted by Crippen LogP contribution is 2.49. The van der Waals surface area contributed by atoms with Gasteiger partial charge in [0.2, 0.25) is 5.91 Å². The molecule has 8 rings (SSSR count). The SMILES string of the molecule is CC(=O)Nc1cc(NC2CC([C@@H](C(C)C)N3CC4(CCN(c5ncnnc5Oc5ccc(F)cc5-c5cncnc5C5CC5)C4)C3)C2)ncn1. The van der Waals surface area contributed by atoms with Crippen molar-refractivity contribution in [3.8, 4) is 22.8 Å². The molecule has 1 atom stereocenters. The quantitative estimate of drug-likeness (QED) is 0.212. The Morgan fingerprint density at radius 3 is 2.60 bits per heavy atom. The van der Waals surface area contributed by atoms with E-state index in [0.717, 1.165) is 75.4 Å². The van der Waals surface area contributed by atoms with Gasteiger partial charge < -0.3 is 20.3 Å². The number of nitrogens with zero attached hydrogens (tertiary/aromatic N) is 9. The second-order valence-corrected chi connectivity index (χ2v) is 14.8. The number of aromatic nitrogens is 7. The Bertz CT molecular complexity index is 1880. The van der Waals surface area contributed by atoms with Crippen LogP contribution in [0.2, 0.25) is 0 Å². The Kier molecular flexibility index (Phi) is 8.49. The molecule has 1 spiro atoms. The van der Waals surface area contributed by atoms with Crippen LogP contribution < -0.4 is 20.3 Å². The van der Waals surface area contributed by atoms with Gasteiger partial charge in [-0.1, -0.05) is 13.8 Å². The van der Waals surface area contributed by atoms with E-state index >= 15 is 0 Å². The Balaban J connectivity index is 0.916. The molecular weight excluding hydrogens is 637 g/mol. The van der Waals surface area contributed by atoms with Gasteiger partial charge in [-0.05, 0) is 62.1 Å². The fourth-order valence-corrected chi connectivity index (χ4v) is 8.29. The van der Waals surface area contributed by atoms with Gasteiger partial charge in [-0.25, -0.2) is 29.3 Å². The molecule has 3 aromatic heterocycles. The van der Waals surface area contributed by atoms with Crippen LogP contribution in [0.5, 0.6) is 11.6 Å². The number of benzene rings is 1. The lowest BCUT2D eigenvalue weighted by Crippen LogP contribution is -2.65. The molecule has 2 aliphatic heterocycles. The van der Waals surface area contributed by atoms with Gasteiger partial charge in [0, 0.05) is 79.9 Å². The van der Waals surface area contributed by atoms with Gasteiger partial charge in [0.15, 0.2) is 5.82 Å². The molecular formula is C36H42FN11O2. The Labute approximate surface area is 290 Å². The molecule has 5 heterocycles. The van der Waals surface area contributed by atoms with E-state index in [2.05, 4.69) is 69.4 Å². The molecule has 0 bridgehead atoms. The number of nitrogens with one attached hydrogen (secondary N) is 2. The largest absolute Gasteiger partial charge is 0.434 e. The summed E-state index contributed by atoms with van der Waals surface area (Å²) in [4.78, 5) is 38.2. The Hall–Kier alpha value is -4.85. The number of amides is 1. The van der Waals surface area contributed by atoms with E-state index in [4.69, 9.17) is 4.74 Å². The Morgan fingerprint density at radius 2 is 1.82 bits per heavy atom. The van der Waals surface area contributed by atoms with E-state index in [1.54, 1.807) is 24.7 Å². The minimum atomic E-state index is -0.358. The maximum atomic E-state index is 14.6. The summed E-state index contributed by atoms with van der Waals surface area (Å²) < 4.78 is 21.0. The van der Waals surface area contributed by atoms with Crippen molar-refractivity contribution in [3.05, 3.63) is 61.0 Å². The molecule has 1 aromatic carbocycles. The van der Waals surface area contributed by atoms with Crippen LogP contribution >= 0.6 is 0 Å². The second kappa shape index (κ2) is 13.1. The predicted molar refractivity (Wildman–Crippen MR) is 185 cm³/mol. The summed E-state index contributed by atoms with van der Waals surface area (Å²) in [6.07, 6.45) is 11.5. The molecule has 0 radical (unpaired) electrons. The zero-order valence-corrected chi connectivity index (χ0v) is 28.6. The lowest BCUT2D eigenvalue weighted by molar-refractivity contribution is -0.114. The lowest BCUT2D eigenvalue weighted by atomic mass is 9.68. The van der Waals surface area contributed by atoms with Crippen LogP contribution in [0.25, 0.3) is 11.1 Å². The van der Waals surface area contributed by atoms with Gasteiger partial charge in [-0.3, -0.25) is 9.69 Å². The summed E-state index contributed by atoms with van der Waals surface area (Å²) in [5.74, 6) is 3.64. The highest BCUT2D eigenvalue weighted by molar-refractivity contribution is 5.87. The molecule has 0 unspecified atom stereocenters. The number of hydrogen-bond donors (Lipinski definition) is 2. The average Bonchev–Trinajstić information content (AvgIpc) is 3.82. The van der Waals surface area contributed by atoms with Crippen LogP contribution in [0, 0.1) is 23.1 Å². The number of anilines is 3. The number of hydrogen-bond acceptors (Lipinski definition) is 12. The van der Waals surface area contributed by atoms with Gasteiger partial charge in [-0.15, -0.1) is 10.2 Å². The molecule has 14 heteroatoms. The first-order valence-electron chi connectivity index (χ1n) is 17.5. The first kappa shape index (κ1) is 32.4. The van der Waals surface area contributed by atoms with Crippen molar-refractivity contribution < 1.29 is 13.9 Å². The molecule has 2 saturated carbocycles. The van der Waals surface area contributed by atoms with Crippen molar-refractivity contribution in [1.29, 1.82) is 0 Å². The van der Waals surface area contributed by atoms with Crippen molar-refractivity contribution in [2.45, 2.75) is 70.9 Å². The van der Waals surface area contributed by atoms with Gasteiger partial charge in [0.1, 0.15) is 42.2 Å². The molecule has 4 fully saturated rings. The maximum Gasteiger partial charge on any atom is 0.282 e. The topological polar surface area (TPSA) is 147 Å². The zero-order valence-electron chi connectivity index (χ0n) is 28.6. The third kappa shape index (κ3) is 6.55. The minimum absolute atomic E-state index is 0.154. The molecule has 13 nitrogen and oxygen atoms in total. The van der Waals surface area contributed by atoms with E-state index in [9.17, 15) is 9.18 Å². The maximum absolute atomic E-state index is 14.6. The predicted octanol–water partition coefficient (Wildman–Crippen LogP) is 5.31. The van der Waals surface area contributed by atoms with Crippen molar-refractivity contribution >= 4 is 23.4 Å². The molecule has 2 aliphatic carbocycles. The summed E-state index contributed by atoms with van der Waals surface area (Å²) in [7, 11) is 0. The van der Waals surface area contributed by atoms with Gasteiger partial charge in [-0.2, -0.15) is 0 Å². The van der Waals surface area contributed by atoms with Gasteiger partial charge in [0.25, 0.3) is 5.88 Å². The van der Waals surface area contributed by atoms with Crippen LogP contribution in [0.15, 0.2) is 49.4 Å². The standard InChI is InChI=1S/C36H42FN11O2/c1-21(2)33(24-10-26(11-24)45-31-13-30(39-19-40-31)44-22(3)49)48-16-36(17-48)8-9-47(15-36)34-35(46-43-20-42-34)50-29-7-6-25(37)12-27(29)28-14-38-18-41-32(28)23-4-5-23/h6-7,12-14,18-21,23-24,26,33H,4-5,8-11,15-17H2,1-3H3,(H2,39,40,44,45,49)/t24?,26?,33-/m1/s1. The summed E-state index contributed by atoms with van der Waals surface area (Å²) in [6, 6.07) is 7.13. The lowest BCUT2D eigenvalue weighted by Gasteiger charge is -2.57. The number of carbonyl (C=O) groups is 1. The molecule has 4 aliphatic rings. The first-order valence-corrected chi connectivity index (χ1v) is 17.5. The minimum Gasteiger partial charge on any atom is -0.434 e. The third-order valence-electron chi connectivity index (χ3n) is 10.6. The number of likely N-dealkylation sites (tertiary alicyclic amines) is 1. The van der Waals surface area contributed by atoms with Crippen molar-refractivity contribution in [2.24, 2.45) is 17.3 Å². The Morgan fingerprint density at radius 1 is 1.00 bits per heavy atom. The normalized spacial score (nSPS) is 21.8. The summed E-state index contributed by atoms with van der Waals surface area (Å²) in [5, 5.41) is 14.7. The summed E-state index contributed by atoms with van der Waals surface area (Å²) >= 11 is 0. The number of rotatable bonds is 11. The highest BCUT2D eigenvalue weighted by Gasteiger charge is 2.53. The van der Waals surface area contributed by atoms with Crippen molar-refractivity contribution in [1.82, 2.24) is 40.0 Å². The molecule has 2 saturated heterocycles. The third-order valence-corrected chi connectivity index (χ3v) is 10.6. The van der Waals surface area contributed by atoms with Crippen LogP contribution in [0.4, 0.5) is 21.8 Å². The fraction of sp³-hybridized carbons (Fsp3) is 0.500. The van der Waals surface area contributed by atoms with Crippen LogP contribution in [0.1, 0.15) is 64.5 Å².